The van der Waals surface area contributed by atoms with Gasteiger partial charge < -0.3 is 15.5 Å². The van der Waals surface area contributed by atoms with Crippen molar-refractivity contribution >= 4 is 5.91 Å². The molecular weight excluding hydrogens is 244 g/mol. The summed E-state index contributed by atoms with van der Waals surface area (Å²) >= 11 is 0. The third-order valence-corrected chi connectivity index (χ3v) is 3.46. The summed E-state index contributed by atoms with van der Waals surface area (Å²) in [4.78, 5) is 20.6. The van der Waals surface area contributed by atoms with E-state index in [0.29, 0.717) is 13.1 Å². The second kappa shape index (κ2) is 5.66. The number of aromatic nitrogens is 3. The molecule has 0 saturated carbocycles. The number of amides is 1. The molecule has 2 rings (SSSR count). The van der Waals surface area contributed by atoms with E-state index in [0.717, 1.165) is 18.9 Å². The number of piperazine rings is 1. The predicted molar refractivity (Wildman–Crippen MR) is 71.8 cm³/mol. The third-order valence-electron chi connectivity index (χ3n) is 3.46. The minimum absolute atomic E-state index is 0.0345. The standard InChI is InChI=1S/C12H22N6O/c1-8(2)10-14-11(16-15-10)12(19)18-5-4-17(3)7-9(18)6-13/h8-9H,4-7,13H2,1-3H3,(H,14,15,16). The quantitative estimate of drug-likeness (QED) is 0.780. The van der Waals surface area contributed by atoms with Crippen LogP contribution < -0.4 is 5.73 Å². The van der Waals surface area contributed by atoms with Gasteiger partial charge in [-0.2, -0.15) is 0 Å². The summed E-state index contributed by atoms with van der Waals surface area (Å²) < 4.78 is 0. The van der Waals surface area contributed by atoms with Crippen LogP contribution in [-0.2, 0) is 0 Å². The van der Waals surface area contributed by atoms with E-state index in [-0.39, 0.29) is 23.7 Å². The minimum atomic E-state index is -0.133. The summed E-state index contributed by atoms with van der Waals surface area (Å²) in [5, 5.41) is 6.84. The van der Waals surface area contributed by atoms with Crippen LogP contribution in [0.2, 0.25) is 0 Å². The number of hydrogen-bond acceptors (Lipinski definition) is 5. The molecule has 1 saturated heterocycles. The zero-order valence-corrected chi connectivity index (χ0v) is 11.8. The van der Waals surface area contributed by atoms with E-state index in [1.807, 2.05) is 20.9 Å². The molecular formula is C12H22N6O. The SMILES string of the molecule is CC(C)c1nc(C(=O)N2CCN(C)CC2CN)n[nH]1. The number of hydrogen-bond donors (Lipinski definition) is 2. The van der Waals surface area contributed by atoms with Gasteiger partial charge >= 0.3 is 0 Å². The van der Waals surface area contributed by atoms with Gasteiger partial charge in [0, 0.05) is 32.1 Å². The van der Waals surface area contributed by atoms with Gasteiger partial charge in [0.15, 0.2) is 0 Å². The maximum atomic E-state index is 12.4. The Hall–Kier alpha value is -1.47. The molecule has 19 heavy (non-hydrogen) atoms. The van der Waals surface area contributed by atoms with E-state index in [9.17, 15) is 4.79 Å². The first-order chi connectivity index (χ1) is 9.02. The Morgan fingerprint density at radius 3 is 2.84 bits per heavy atom. The summed E-state index contributed by atoms with van der Waals surface area (Å²) in [6, 6.07) is 0.0345. The molecule has 2 heterocycles. The number of nitrogens with two attached hydrogens (primary N) is 1. The van der Waals surface area contributed by atoms with E-state index >= 15 is 0 Å². The molecule has 1 fully saturated rings. The molecule has 0 aromatic carbocycles. The van der Waals surface area contributed by atoms with Crippen molar-refractivity contribution < 1.29 is 4.79 Å². The Morgan fingerprint density at radius 1 is 1.53 bits per heavy atom. The fourth-order valence-corrected chi connectivity index (χ4v) is 2.24. The average molecular weight is 266 g/mol. The maximum Gasteiger partial charge on any atom is 0.293 e. The lowest BCUT2D eigenvalue weighted by atomic mass is 10.1. The first kappa shape index (κ1) is 14.0. The van der Waals surface area contributed by atoms with Crippen LogP contribution in [0.3, 0.4) is 0 Å². The third kappa shape index (κ3) is 2.93. The van der Waals surface area contributed by atoms with Crippen molar-refractivity contribution in [3.05, 3.63) is 11.6 Å². The fourth-order valence-electron chi connectivity index (χ4n) is 2.24. The Balaban J connectivity index is 2.13. The molecule has 1 aliphatic heterocycles. The van der Waals surface area contributed by atoms with Gasteiger partial charge in [-0.15, -0.1) is 5.10 Å². The molecule has 1 unspecified atom stereocenters. The molecule has 7 nitrogen and oxygen atoms in total. The molecule has 1 atom stereocenters. The van der Waals surface area contributed by atoms with Crippen molar-refractivity contribution in [3.63, 3.8) is 0 Å². The second-order valence-corrected chi connectivity index (χ2v) is 5.35. The number of carbonyl (C=O) groups excluding carboxylic acids is 1. The van der Waals surface area contributed by atoms with Crippen LogP contribution in [0.1, 0.15) is 36.2 Å². The Labute approximate surface area is 113 Å². The first-order valence-corrected chi connectivity index (χ1v) is 6.64. The molecule has 1 amide bonds. The molecule has 1 aromatic heterocycles. The minimum Gasteiger partial charge on any atom is -0.329 e. The fraction of sp³-hybridized carbons (Fsp3) is 0.750. The molecule has 106 valence electrons. The predicted octanol–water partition coefficient (Wildman–Crippen LogP) is -0.357. The molecule has 0 aliphatic carbocycles. The Morgan fingerprint density at radius 2 is 2.26 bits per heavy atom. The maximum absolute atomic E-state index is 12.4. The highest BCUT2D eigenvalue weighted by Gasteiger charge is 2.30. The lowest BCUT2D eigenvalue weighted by Gasteiger charge is -2.38. The second-order valence-electron chi connectivity index (χ2n) is 5.35. The van der Waals surface area contributed by atoms with Crippen LogP contribution in [0.4, 0.5) is 0 Å². The normalized spacial score (nSPS) is 21.1. The van der Waals surface area contributed by atoms with Gasteiger partial charge in [0.25, 0.3) is 5.91 Å². The lowest BCUT2D eigenvalue weighted by molar-refractivity contribution is 0.0504. The van der Waals surface area contributed by atoms with E-state index < -0.39 is 0 Å². The largest absolute Gasteiger partial charge is 0.329 e. The lowest BCUT2D eigenvalue weighted by Crippen LogP contribution is -2.56. The van der Waals surface area contributed by atoms with E-state index in [4.69, 9.17) is 5.73 Å². The van der Waals surface area contributed by atoms with Crippen LogP contribution >= 0.6 is 0 Å². The van der Waals surface area contributed by atoms with Crippen molar-refractivity contribution in [2.45, 2.75) is 25.8 Å². The van der Waals surface area contributed by atoms with E-state index in [1.54, 1.807) is 4.90 Å². The first-order valence-electron chi connectivity index (χ1n) is 6.64. The number of aromatic amines is 1. The molecule has 1 aliphatic rings. The molecule has 0 radical (unpaired) electrons. The van der Waals surface area contributed by atoms with E-state index in [1.165, 1.54) is 0 Å². The van der Waals surface area contributed by atoms with Crippen LogP contribution in [0.5, 0.6) is 0 Å². The highest BCUT2D eigenvalue weighted by molar-refractivity contribution is 5.90. The van der Waals surface area contributed by atoms with Gasteiger partial charge in [0.05, 0.1) is 6.04 Å². The summed E-state index contributed by atoms with van der Waals surface area (Å²) in [7, 11) is 2.04. The number of carbonyl (C=O) groups is 1. The van der Waals surface area contributed by atoms with Gasteiger partial charge in [-0.3, -0.25) is 9.89 Å². The van der Waals surface area contributed by atoms with Gasteiger partial charge in [-0.1, -0.05) is 13.8 Å². The molecule has 0 bridgehead atoms. The molecule has 1 aromatic rings. The van der Waals surface area contributed by atoms with Crippen LogP contribution in [-0.4, -0.2) is 70.2 Å². The summed E-state index contributed by atoms with van der Waals surface area (Å²) in [6.45, 7) is 6.79. The van der Waals surface area contributed by atoms with Gasteiger partial charge in [-0.25, -0.2) is 4.98 Å². The van der Waals surface area contributed by atoms with Gasteiger partial charge in [0.2, 0.25) is 5.82 Å². The Kier molecular flexibility index (Phi) is 4.16. The van der Waals surface area contributed by atoms with Crippen LogP contribution in [0, 0.1) is 0 Å². The van der Waals surface area contributed by atoms with Crippen molar-refractivity contribution in [2.75, 3.05) is 33.2 Å². The van der Waals surface area contributed by atoms with Crippen molar-refractivity contribution in [1.29, 1.82) is 0 Å². The molecule has 0 spiro atoms. The van der Waals surface area contributed by atoms with Crippen LogP contribution in [0.25, 0.3) is 0 Å². The number of nitrogens with zero attached hydrogens (tertiary/aromatic N) is 4. The van der Waals surface area contributed by atoms with Crippen LogP contribution in [0.15, 0.2) is 0 Å². The number of H-pyrrole nitrogens is 1. The molecule has 7 heteroatoms. The van der Waals surface area contributed by atoms with E-state index in [2.05, 4.69) is 20.1 Å². The highest BCUT2D eigenvalue weighted by atomic mass is 16.2. The summed E-state index contributed by atoms with van der Waals surface area (Å²) in [5.74, 6) is 1.08. The van der Waals surface area contributed by atoms with Gasteiger partial charge in [-0.05, 0) is 7.05 Å². The summed E-state index contributed by atoms with van der Waals surface area (Å²) in [5.41, 5.74) is 5.76. The Bertz CT molecular complexity index is 443. The van der Waals surface area contributed by atoms with Crippen molar-refractivity contribution in [1.82, 2.24) is 25.0 Å². The highest BCUT2D eigenvalue weighted by Crippen LogP contribution is 2.13. The average Bonchev–Trinajstić information content (AvgIpc) is 2.87. The topological polar surface area (TPSA) is 91.1 Å². The van der Waals surface area contributed by atoms with Crippen molar-refractivity contribution in [3.8, 4) is 0 Å². The number of likely N-dealkylation sites (N-methyl/N-ethyl adjacent to an activating group) is 1. The zero-order chi connectivity index (χ0) is 14.0. The number of nitrogens with one attached hydrogen (secondary N) is 1. The zero-order valence-electron chi connectivity index (χ0n) is 11.8. The van der Waals surface area contributed by atoms with Crippen molar-refractivity contribution in [2.24, 2.45) is 5.73 Å². The molecule has 3 N–H and O–H groups in total. The summed E-state index contributed by atoms with van der Waals surface area (Å²) in [6.07, 6.45) is 0. The van der Waals surface area contributed by atoms with Gasteiger partial charge in [0.1, 0.15) is 5.82 Å². The number of rotatable bonds is 3. The smallest absolute Gasteiger partial charge is 0.293 e. The monoisotopic (exact) mass is 266 g/mol.